The van der Waals surface area contributed by atoms with Crippen molar-refractivity contribution in [2.24, 2.45) is 0 Å². The highest BCUT2D eigenvalue weighted by Crippen LogP contribution is 2.33. The van der Waals surface area contributed by atoms with Crippen LogP contribution in [0.1, 0.15) is 44.2 Å². The van der Waals surface area contributed by atoms with E-state index in [-0.39, 0.29) is 12.0 Å². The lowest BCUT2D eigenvalue weighted by Gasteiger charge is -2.32. The molecule has 1 aromatic carbocycles. The number of rotatable bonds is 3. The van der Waals surface area contributed by atoms with Gasteiger partial charge in [-0.1, -0.05) is 6.58 Å². The summed E-state index contributed by atoms with van der Waals surface area (Å²) in [6.07, 6.45) is 3.45. The van der Waals surface area contributed by atoms with E-state index in [4.69, 9.17) is 4.74 Å². The summed E-state index contributed by atoms with van der Waals surface area (Å²) >= 11 is 0. The van der Waals surface area contributed by atoms with Crippen molar-refractivity contribution in [3.05, 3.63) is 42.6 Å². The maximum absolute atomic E-state index is 13.4. The van der Waals surface area contributed by atoms with Crippen molar-refractivity contribution in [3.8, 4) is 0 Å². The van der Waals surface area contributed by atoms with E-state index >= 15 is 0 Å². The molecule has 1 amide bonds. The molecule has 0 unspecified atom stereocenters. The Hall–Kier alpha value is -2.70. The van der Waals surface area contributed by atoms with Gasteiger partial charge in [0.25, 0.3) is 0 Å². The number of benzene rings is 1. The van der Waals surface area contributed by atoms with Crippen LogP contribution in [0.5, 0.6) is 0 Å². The second-order valence-electron chi connectivity index (χ2n) is 7.95. The molecule has 0 N–H and O–H groups in total. The normalized spacial score (nSPS) is 18.8. The van der Waals surface area contributed by atoms with Crippen LogP contribution < -0.4 is 4.90 Å². The van der Waals surface area contributed by atoms with Crippen LogP contribution in [0.4, 0.5) is 14.9 Å². The van der Waals surface area contributed by atoms with Gasteiger partial charge in [-0.2, -0.15) is 0 Å². The Morgan fingerprint density at radius 3 is 2.55 bits per heavy atom. The van der Waals surface area contributed by atoms with E-state index in [0.29, 0.717) is 31.7 Å². The number of halogens is 1. The number of anilines is 1. The van der Waals surface area contributed by atoms with Gasteiger partial charge in [-0.15, -0.1) is 0 Å². The Balaban J connectivity index is 1.49. The van der Waals surface area contributed by atoms with Crippen molar-refractivity contribution < 1.29 is 13.9 Å². The van der Waals surface area contributed by atoms with Crippen molar-refractivity contribution in [3.63, 3.8) is 0 Å². The third kappa shape index (κ3) is 4.33. The van der Waals surface area contributed by atoms with Crippen LogP contribution >= 0.6 is 0 Å². The zero-order chi connectivity index (χ0) is 20.4. The fraction of sp³-hybridized carbons (Fsp3) is 0.500. The minimum atomic E-state index is -0.681. The minimum Gasteiger partial charge on any atom is -0.416 e. The summed E-state index contributed by atoms with van der Waals surface area (Å²) in [6.45, 7) is 8.05. The van der Waals surface area contributed by atoms with Crippen molar-refractivity contribution in [1.82, 2.24) is 14.9 Å². The fourth-order valence-electron chi connectivity index (χ4n) is 4.24. The molecule has 0 spiro atoms. The molecule has 1 aromatic heterocycles. The molecule has 6 nitrogen and oxygen atoms in total. The largest absolute Gasteiger partial charge is 0.416 e. The van der Waals surface area contributed by atoms with E-state index in [0.717, 1.165) is 48.2 Å². The number of carbonyl (C=O) groups is 1. The van der Waals surface area contributed by atoms with Crippen LogP contribution in [0, 0.1) is 0 Å². The topological polar surface area (TPSA) is 58.6 Å². The molecule has 2 aromatic rings. The number of piperidine rings is 2. The van der Waals surface area contributed by atoms with E-state index in [1.807, 2.05) is 0 Å². The number of hydrogen-bond acceptors (Lipinski definition) is 5. The summed E-state index contributed by atoms with van der Waals surface area (Å²) in [5.41, 5.74) is 3.04. The standard InChI is InChI=1S/C22H27FN4O2/c1-15(2)29-22(28)27-9-5-16(6-10-27)21-19-4-3-18(13-20(19)24-14-25-21)26-11-7-17(23)8-12-26/h3-4,13-14,16-17H,1,5-12H2,2H3. The summed E-state index contributed by atoms with van der Waals surface area (Å²) in [4.78, 5) is 25.1. The molecule has 0 radical (unpaired) electrons. The maximum Gasteiger partial charge on any atom is 0.414 e. The predicted molar refractivity (Wildman–Crippen MR) is 111 cm³/mol. The third-order valence-corrected chi connectivity index (χ3v) is 5.84. The molecule has 4 rings (SSSR count). The molecule has 29 heavy (non-hydrogen) atoms. The molecule has 2 aliphatic rings. The van der Waals surface area contributed by atoms with Crippen molar-refractivity contribution in [2.75, 3.05) is 31.1 Å². The monoisotopic (exact) mass is 398 g/mol. The molecule has 0 atom stereocenters. The molecule has 2 saturated heterocycles. The van der Waals surface area contributed by atoms with Crippen LogP contribution in [0.3, 0.4) is 0 Å². The number of amides is 1. The minimum absolute atomic E-state index is 0.280. The first-order valence-electron chi connectivity index (χ1n) is 10.3. The number of alkyl halides is 1. The quantitative estimate of drug-likeness (QED) is 0.717. The van der Waals surface area contributed by atoms with E-state index in [2.05, 4.69) is 39.6 Å². The van der Waals surface area contributed by atoms with Gasteiger partial charge >= 0.3 is 6.09 Å². The van der Waals surface area contributed by atoms with E-state index < -0.39 is 6.17 Å². The summed E-state index contributed by atoms with van der Waals surface area (Å²) in [5.74, 6) is 0.688. The maximum atomic E-state index is 13.4. The first kappa shape index (κ1) is 19.6. The van der Waals surface area contributed by atoms with Gasteiger partial charge < -0.3 is 14.5 Å². The summed E-state index contributed by atoms with van der Waals surface area (Å²) in [5, 5.41) is 1.06. The summed E-state index contributed by atoms with van der Waals surface area (Å²) < 4.78 is 18.6. The predicted octanol–water partition coefficient (Wildman–Crippen LogP) is 4.42. The summed E-state index contributed by atoms with van der Waals surface area (Å²) in [6, 6.07) is 6.26. The number of likely N-dealkylation sites (tertiary alicyclic amines) is 1. The average Bonchev–Trinajstić information content (AvgIpc) is 2.73. The van der Waals surface area contributed by atoms with E-state index in [1.54, 1.807) is 18.2 Å². The second-order valence-corrected chi connectivity index (χ2v) is 7.95. The van der Waals surface area contributed by atoms with Gasteiger partial charge in [0.05, 0.1) is 17.0 Å². The fourth-order valence-corrected chi connectivity index (χ4v) is 4.24. The molecule has 0 bridgehead atoms. The van der Waals surface area contributed by atoms with Gasteiger partial charge in [0.1, 0.15) is 12.5 Å². The SMILES string of the molecule is C=C(C)OC(=O)N1CCC(c2ncnc3cc(N4CCC(F)CC4)ccc23)CC1. The van der Waals surface area contributed by atoms with Crippen LogP contribution in [0.25, 0.3) is 10.9 Å². The highest BCUT2D eigenvalue weighted by atomic mass is 19.1. The van der Waals surface area contributed by atoms with Gasteiger partial charge in [-0.3, -0.25) is 0 Å². The van der Waals surface area contributed by atoms with Crippen molar-refractivity contribution in [2.45, 2.75) is 44.7 Å². The Bertz CT molecular complexity index is 903. The van der Waals surface area contributed by atoms with Crippen LogP contribution in [0.2, 0.25) is 0 Å². The lowest BCUT2D eigenvalue weighted by molar-refractivity contribution is 0.117. The van der Waals surface area contributed by atoms with E-state index in [9.17, 15) is 9.18 Å². The molecule has 7 heteroatoms. The van der Waals surface area contributed by atoms with Gasteiger partial charge in [-0.25, -0.2) is 19.2 Å². The molecule has 2 fully saturated rings. The lowest BCUT2D eigenvalue weighted by atomic mass is 9.91. The second kappa shape index (κ2) is 8.35. The van der Waals surface area contributed by atoms with Crippen LogP contribution in [0.15, 0.2) is 36.9 Å². The Kier molecular flexibility index (Phi) is 5.65. The van der Waals surface area contributed by atoms with Gasteiger partial charge in [0.15, 0.2) is 0 Å². The van der Waals surface area contributed by atoms with Crippen LogP contribution in [-0.2, 0) is 4.74 Å². The molecular weight excluding hydrogens is 371 g/mol. The average molecular weight is 398 g/mol. The molecule has 154 valence electrons. The summed E-state index contributed by atoms with van der Waals surface area (Å²) in [7, 11) is 0. The number of allylic oxidation sites excluding steroid dienone is 1. The zero-order valence-electron chi connectivity index (χ0n) is 16.8. The van der Waals surface area contributed by atoms with Crippen molar-refractivity contribution >= 4 is 22.7 Å². The highest BCUT2D eigenvalue weighted by Gasteiger charge is 2.27. The molecule has 0 aliphatic carbocycles. The van der Waals surface area contributed by atoms with Crippen molar-refractivity contribution in [1.29, 1.82) is 0 Å². The number of carbonyl (C=O) groups excluding carboxylic acids is 1. The van der Waals surface area contributed by atoms with Gasteiger partial charge in [0.2, 0.25) is 0 Å². The molecule has 0 saturated carbocycles. The number of nitrogens with zero attached hydrogens (tertiary/aromatic N) is 4. The number of fused-ring (bicyclic) bond motifs is 1. The third-order valence-electron chi connectivity index (χ3n) is 5.84. The lowest BCUT2D eigenvalue weighted by Crippen LogP contribution is -2.38. The Labute approximate surface area is 170 Å². The Morgan fingerprint density at radius 2 is 1.86 bits per heavy atom. The zero-order valence-corrected chi connectivity index (χ0v) is 16.8. The van der Waals surface area contributed by atoms with Crippen LogP contribution in [-0.4, -0.2) is 53.3 Å². The number of aromatic nitrogens is 2. The number of hydrogen-bond donors (Lipinski definition) is 0. The molecule has 2 aliphatic heterocycles. The Morgan fingerprint density at radius 1 is 1.14 bits per heavy atom. The van der Waals surface area contributed by atoms with E-state index in [1.165, 1.54) is 0 Å². The van der Waals surface area contributed by atoms with Gasteiger partial charge in [-0.05, 0) is 50.8 Å². The first-order chi connectivity index (χ1) is 14.0. The number of ether oxygens (including phenoxy) is 1. The highest BCUT2D eigenvalue weighted by molar-refractivity contribution is 5.84. The smallest absolute Gasteiger partial charge is 0.414 e. The van der Waals surface area contributed by atoms with Gasteiger partial charge in [0, 0.05) is 43.2 Å². The molecular formula is C22H27FN4O2. The first-order valence-corrected chi connectivity index (χ1v) is 10.3. The molecule has 3 heterocycles.